The molecule has 49 heavy (non-hydrogen) atoms. The van der Waals surface area contributed by atoms with E-state index in [0.717, 1.165) is 61.0 Å². The first-order chi connectivity index (χ1) is 23.8. The van der Waals surface area contributed by atoms with E-state index in [1.54, 1.807) is 12.2 Å². The van der Waals surface area contributed by atoms with Crippen LogP contribution in [0.4, 0.5) is 0 Å². The smallest absolute Gasteiger partial charge is 0.213 e. The molecule has 0 radical (unpaired) electrons. The number of aromatic nitrogens is 3. The lowest BCUT2D eigenvalue weighted by atomic mass is 9.74. The Morgan fingerprint density at radius 3 is 2.37 bits per heavy atom. The van der Waals surface area contributed by atoms with Crippen LogP contribution in [0.1, 0.15) is 60.4 Å². The van der Waals surface area contributed by atoms with Crippen LogP contribution in [-0.2, 0) is 5.41 Å². The molecule has 0 saturated carbocycles. The molecule has 9 rings (SSSR count). The van der Waals surface area contributed by atoms with Crippen LogP contribution in [0.25, 0.3) is 84.6 Å². The summed E-state index contributed by atoms with van der Waals surface area (Å²) in [6.07, 6.45) is 7.44. The lowest BCUT2D eigenvalue weighted by Gasteiger charge is -2.34. The van der Waals surface area contributed by atoms with Gasteiger partial charge in [0.2, 0.25) is 5.71 Å². The summed E-state index contributed by atoms with van der Waals surface area (Å²) < 4.78 is 15.2. The number of benzene rings is 4. The lowest BCUT2D eigenvalue weighted by Crippen LogP contribution is -2.26. The summed E-state index contributed by atoms with van der Waals surface area (Å²) in [4.78, 5) is 10.2. The van der Waals surface area contributed by atoms with Crippen LogP contribution in [0.5, 0.6) is 0 Å². The number of hydrogen-bond acceptors (Lipinski definition) is 4. The van der Waals surface area contributed by atoms with Gasteiger partial charge in [0.25, 0.3) is 0 Å². The maximum atomic E-state index is 6.59. The van der Waals surface area contributed by atoms with Crippen molar-refractivity contribution in [1.29, 1.82) is 0 Å². The molecule has 4 aromatic heterocycles. The first-order valence-electron chi connectivity index (χ1n) is 16.5. The molecule has 5 nitrogen and oxygen atoms in total. The van der Waals surface area contributed by atoms with Crippen LogP contribution < -0.4 is 0 Å². The minimum Gasteiger partial charge on any atom is -0.455 e. The third kappa shape index (κ3) is 3.93. The Labute approximate surface area is 283 Å². The summed E-state index contributed by atoms with van der Waals surface area (Å²) in [5.41, 5.74) is 11.2. The second-order valence-corrected chi connectivity index (χ2v) is 13.1. The zero-order valence-corrected chi connectivity index (χ0v) is 27.7. The van der Waals surface area contributed by atoms with E-state index in [-0.39, 0.29) is 5.41 Å². The fourth-order valence-corrected chi connectivity index (χ4v) is 7.72. The third-order valence-corrected chi connectivity index (χ3v) is 10.0. The van der Waals surface area contributed by atoms with Gasteiger partial charge >= 0.3 is 0 Å². The Morgan fingerprint density at radius 1 is 0.796 bits per heavy atom. The molecule has 0 spiro atoms. The Bertz CT molecular complexity index is 2760. The minimum atomic E-state index is -0.292. The van der Waals surface area contributed by atoms with E-state index in [1.165, 1.54) is 22.0 Å². The van der Waals surface area contributed by atoms with Crippen molar-refractivity contribution in [3.05, 3.63) is 150 Å². The van der Waals surface area contributed by atoms with Crippen LogP contribution >= 0.6 is 0 Å². The Balaban J connectivity index is 1.28. The van der Waals surface area contributed by atoms with E-state index in [9.17, 15) is 0 Å². The molecule has 0 atom stereocenters. The molecule has 0 bridgehead atoms. The molecule has 0 amide bonds. The highest BCUT2D eigenvalue weighted by atomic mass is 16.3. The van der Waals surface area contributed by atoms with Gasteiger partial charge in [0.15, 0.2) is 5.82 Å². The summed E-state index contributed by atoms with van der Waals surface area (Å²) in [7, 11) is 0. The Kier molecular flexibility index (Phi) is 6.15. The Morgan fingerprint density at radius 2 is 1.57 bits per heavy atom. The van der Waals surface area contributed by atoms with Gasteiger partial charge in [-0.15, -0.1) is 0 Å². The predicted molar refractivity (Wildman–Crippen MR) is 203 cm³/mol. The van der Waals surface area contributed by atoms with Gasteiger partial charge in [0, 0.05) is 38.3 Å². The van der Waals surface area contributed by atoms with Gasteiger partial charge in [-0.25, -0.2) is 9.97 Å². The fraction of sp³-hybridized carbons (Fsp3) is 0.0909. The molecule has 0 saturated heterocycles. The first kappa shape index (κ1) is 29.0. The van der Waals surface area contributed by atoms with Crippen molar-refractivity contribution < 1.29 is 8.83 Å². The first-order valence-corrected chi connectivity index (χ1v) is 16.5. The van der Waals surface area contributed by atoms with Gasteiger partial charge in [-0.2, -0.15) is 0 Å². The molecule has 5 heteroatoms. The standard InChI is InChI=1S/C44H33N3O2/c1-7-15-28-27(8-2)36(9-3)48-41(28)25(4)42-45-34-20-12-10-16-29(34)39(46-42)26-22-23-35-33(24-26)44(5,6)32-19-14-18-31-38-30-17-11-13-21-37(30)49-43(38)47(35)40(31)32/h7-24H,2-4H2,1,5-6H3/b15-7-. The summed E-state index contributed by atoms with van der Waals surface area (Å²) in [5, 5.41) is 4.45. The van der Waals surface area contributed by atoms with E-state index in [4.69, 9.17) is 18.8 Å². The highest BCUT2D eigenvalue weighted by Crippen LogP contribution is 2.50. The molecule has 4 aromatic carbocycles. The maximum absolute atomic E-state index is 6.59. The van der Waals surface area contributed by atoms with Crippen LogP contribution in [0.2, 0.25) is 0 Å². The molecule has 0 fully saturated rings. The molecule has 0 unspecified atom stereocenters. The van der Waals surface area contributed by atoms with E-state index >= 15 is 0 Å². The van der Waals surface area contributed by atoms with Gasteiger partial charge in [-0.3, -0.25) is 4.57 Å². The van der Waals surface area contributed by atoms with Crippen molar-refractivity contribution in [1.82, 2.24) is 14.5 Å². The van der Waals surface area contributed by atoms with Gasteiger partial charge in [-0.05, 0) is 48.4 Å². The van der Waals surface area contributed by atoms with Crippen molar-refractivity contribution in [2.45, 2.75) is 26.2 Å². The topological polar surface area (TPSA) is 57.0 Å². The average molecular weight is 636 g/mol. The van der Waals surface area contributed by atoms with Gasteiger partial charge in [-0.1, -0.05) is 112 Å². The number of para-hydroxylation sites is 3. The number of fused-ring (bicyclic) bond motifs is 8. The zero-order valence-electron chi connectivity index (χ0n) is 27.7. The zero-order chi connectivity index (χ0) is 33.6. The van der Waals surface area contributed by atoms with Crippen molar-refractivity contribution in [3.63, 3.8) is 0 Å². The second kappa shape index (κ2) is 10.4. The van der Waals surface area contributed by atoms with Crippen LogP contribution in [0.3, 0.4) is 0 Å². The number of rotatable bonds is 6. The van der Waals surface area contributed by atoms with E-state index in [2.05, 4.69) is 92.7 Å². The summed E-state index contributed by atoms with van der Waals surface area (Å²) in [6.45, 7) is 19.0. The fourth-order valence-electron chi connectivity index (χ4n) is 7.72. The van der Waals surface area contributed by atoms with Crippen LogP contribution in [-0.4, -0.2) is 14.5 Å². The Hall–Kier alpha value is -6.20. The van der Waals surface area contributed by atoms with Crippen LogP contribution in [0, 0.1) is 0 Å². The van der Waals surface area contributed by atoms with Gasteiger partial charge in [0.05, 0.1) is 33.4 Å². The highest BCUT2D eigenvalue weighted by Gasteiger charge is 2.37. The summed E-state index contributed by atoms with van der Waals surface area (Å²) >= 11 is 0. The monoisotopic (exact) mass is 635 g/mol. The molecule has 1 aliphatic rings. The maximum Gasteiger partial charge on any atom is 0.213 e. The third-order valence-electron chi connectivity index (χ3n) is 10.0. The number of nitrogens with zero attached hydrogens (tertiary/aromatic N) is 3. The summed E-state index contributed by atoms with van der Waals surface area (Å²) in [5.74, 6) is 1.73. The number of hydrogen-bond donors (Lipinski definition) is 0. The van der Waals surface area contributed by atoms with E-state index < -0.39 is 0 Å². The SMILES string of the molecule is C=Cc1oc(C(=C)c2nc(-c3ccc4c(c3)C(C)(C)c3cccc5c6c7ccccc7oc6n-4c35)c3ccccc3n2)c(/C=C\C)c1C=C. The van der Waals surface area contributed by atoms with Gasteiger partial charge < -0.3 is 8.83 Å². The van der Waals surface area contributed by atoms with E-state index in [0.29, 0.717) is 22.9 Å². The average Bonchev–Trinajstić information content (AvgIpc) is 3.79. The quantitative estimate of drug-likeness (QED) is 0.182. The molecule has 1 aliphatic heterocycles. The number of allylic oxidation sites excluding steroid dienone is 1. The molecule has 0 N–H and O–H groups in total. The molecule has 5 heterocycles. The van der Waals surface area contributed by atoms with Crippen LogP contribution in [0.15, 0.2) is 120 Å². The summed E-state index contributed by atoms with van der Waals surface area (Å²) in [6, 6.07) is 29.7. The number of furan rings is 2. The highest BCUT2D eigenvalue weighted by molar-refractivity contribution is 6.21. The van der Waals surface area contributed by atoms with Crippen molar-refractivity contribution in [2.24, 2.45) is 0 Å². The van der Waals surface area contributed by atoms with Gasteiger partial charge in [0.1, 0.15) is 17.1 Å². The van der Waals surface area contributed by atoms with Crippen molar-refractivity contribution in [3.8, 4) is 16.9 Å². The predicted octanol–water partition coefficient (Wildman–Crippen LogP) is 11.8. The molecule has 0 aliphatic carbocycles. The normalized spacial score (nSPS) is 13.5. The van der Waals surface area contributed by atoms with Crippen molar-refractivity contribution in [2.75, 3.05) is 0 Å². The van der Waals surface area contributed by atoms with E-state index in [1.807, 2.05) is 49.4 Å². The lowest BCUT2D eigenvalue weighted by molar-refractivity contribution is 0.542. The minimum absolute atomic E-state index is 0.292. The molecule has 236 valence electrons. The molecular weight excluding hydrogens is 603 g/mol. The molecule has 8 aromatic rings. The largest absolute Gasteiger partial charge is 0.455 e. The molecular formula is C44H33N3O2. The second-order valence-electron chi connectivity index (χ2n) is 13.1. The van der Waals surface area contributed by atoms with Crippen molar-refractivity contribution >= 4 is 67.7 Å².